The van der Waals surface area contributed by atoms with Crippen LogP contribution in [-0.2, 0) is 4.74 Å². The van der Waals surface area contributed by atoms with Crippen LogP contribution in [0.25, 0.3) is 0 Å². The molecule has 0 spiro atoms. The van der Waals surface area contributed by atoms with Crippen LogP contribution in [0.4, 0.5) is 0 Å². The molecular weight excluding hydrogens is 146 g/mol. The summed E-state index contributed by atoms with van der Waals surface area (Å²) in [5.41, 5.74) is 0. The Hall–Kier alpha value is -0.480. The Morgan fingerprint density at radius 3 is 3.09 bits per heavy atom. The Bertz CT molecular complexity index is 129. The first-order chi connectivity index (χ1) is 5.38. The second-order valence-corrected chi connectivity index (χ2v) is 2.78. The Balaban J connectivity index is 2.31. The standard InChI is InChI=1S/C7H13NO3/c9-3-1-7-6(5-8-10)2-4-11-7/h6-7,9H,1-5H2. The zero-order chi connectivity index (χ0) is 8.10. The smallest absolute Gasteiger partial charge is 0.0864 e. The van der Waals surface area contributed by atoms with Crippen LogP contribution in [-0.4, -0.2) is 31.0 Å². The lowest BCUT2D eigenvalue weighted by atomic mass is 10.00. The van der Waals surface area contributed by atoms with Crippen molar-refractivity contribution in [2.45, 2.75) is 18.9 Å². The van der Waals surface area contributed by atoms with E-state index in [1.807, 2.05) is 0 Å². The molecule has 0 aromatic rings. The van der Waals surface area contributed by atoms with Gasteiger partial charge in [0.05, 0.1) is 12.6 Å². The van der Waals surface area contributed by atoms with Crippen molar-refractivity contribution in [3.05, 3.63) is 4.91 Å². The van der Waals surface area contributed by atoms with Crippen LogP contribution in [0.1, 0.15) is 12.8 Å². The molecule has 1 N–H and O–H groups in total. The van der Waals surface area contributed by atoms with Gasteiger partial charge in [-0.2, -0.15) is 4.91 Å². The molecule has 0 aliphatic carbocycles. The molecule has 2 unspecified atom stereocenters. The predicted octanol–water partition coefficient (Wildman–Crippen LogP) is 0.540. The third kappa shape index (κ3) is 2.24. The highest BCUT2D eigenvalue weighted by molar-refractivity contribution is 4.77. The first-order valence-electron chi connectivity index (χ1n) is 3.90. The van der Waals surface area contributed by atoms with Gasteiger partial charge >= 0.3 is 0 Å². The summed E-state index contributed by atoms with van der Waals surface area (Å²) in [5.74, 6) is 0.236. The second kappa shape index (κ2) is 4.41. The second-order valence-electron chi connectivity index (χ2n) is 2.78. The predicted molar refractivity (Wildman–Crippen MR) is 40.2 cm³/mol. The van der Waals surface area contributed by atoms with E-state index in [2.05, 4.69) is 5.18 Å². The molecule has 4 heteroatoms. The lowest BCUT2D eigenvalue weighted by molar-refractivity contribution is 0.0688. The Labute approximate surface area is 65.5 Å². The van der Waals surface area contributed by atoms with Crippen molar-refractivity contribution >= 4 is 0 Å². The highest BCUT2D eigenvalue weighted by atomic mass is 16.5. The van der Waals surface area contributed by atoms with Crippen molar-refractivity contribution in [2.24, 2.45) is 11.1 Å². The number of nitrogens with zero attached hydrogens (tertiary/aromatic N) is 1. The normalized spacial score (nSPS) is 30.6. The fourth-order valence-corrected chi connectivity index (χ4v) is 1.44. The number of ether oxygens (including phenoxy) is 1. The average Bonchev–Trinajstić information content (AvgIpc) is 2.39. The third-order valence-corrected chi connectivity index (χ3v) is 2.07. The van der Waals surface area contributed by atoms with Crippen molar-refractivity contribution in [2.75, 3.05) is 19.8 Å². The molecule has 0 aromatic carbocycles. The molecule has 1 rings (SSSR count). The number of rotatable bonds is 4. The van der Waals surface area contributed by atoms with E-state index in [-0.39, 0.29) is 18.6 Å². The largest absolute Gasteiger partial charge is 0.396 e. The lowest BCUT2D eigenvalue weighted by Crippen LogP contribution is -2.19. The molecule has 0 saturated carbocycles. The summed E-state index contributed by atoms with van der Waals surface area (Å²) in [5, 5.41) is 11.5. The van der Waals surface area contributed by atoms with Crippen LogP contribution < -0.4 is 0 Å². The third-order valence-electron chi connectivity index (χ3n) is 2.07. The molecule has 0 aromatic heterocycles. The molecule has 2 atom stereocenters. The zero-order valence-electron chi connectivity index (χ0n) is 6.40. The number of hydrogen-bond donors (Lipinski definition) is 1. The molecule has 0 bridgehead atoms. The average molecular weight is 159 g/mol. The van der Waals surface area contributed by atoms with Crippen LogP contribution >= 0.6 is 0 Å². The summed E-state index contributed by atoms with van der Waals surface area (Å²) in [4.78, 5) is 9.94. The highest BCUT2D eigenvalue weighted by Crippen LogP contribution is 2.23. The first-order valence-corrected chi connectivity index (χ1v) is 3.90. The molecule has 11 heavy (non-hydrogen) atoms. The van der Waals surface area contributed by atoms with Crippen LogP contribution in [0.5, 0.6) is 0 Å². The number of aliphatic hydroxyl groups excluding tert-OH is 1. The first kappa shape index (κ1) is 8.62. The molecule has 64 valence electrons. The van der Waals surface area contributed by atoms with Crippen LogP contribution in [0.15, 0.2) is 5.18 Å². The molecule has 1 aliphatic rings. The number of aliphatic hydroxyl groups is 1. The van der Waals surface area contributed by atoms with Gasteiger partial charge in [0.25, 0.3) is 0 Å². The Kier molecular flexibility index (Phi) is 3.45. The monoisotopic (exact) mass is 159 g/mol. The maximum Gasteiger partial charge on any atom is 0.0864 e. The van der Waals surface area contributed by atoms with E-state index in [4.69, 9.17) is 9.84 Å². The molecule has 4 nitrogen and oxygen atoms in total. The van der Waals surface area contributed by atoms with Crippen molar-refractivity contribution in [3.63, 3.8) is 0 Å². The fourth-order valence-electron chi connectivity index (χ4n) is 1.44. The molecule has 1 aliphatic heterocycles. The quantitative estimate of drug-likeness (QED) is 0.609. The Morgan fingerprint density at radius 2 is 2.45 bits per heavy atom. The van der Waals surface area contributed by atoms with E-state index in [1.54, 1.807) is 0 Å². The van der Waals surface area contributed by atoms with E-state index < -0.39 is 0 Å². The van der Waals surface area contributed by atoms with Crippen LogP contribution in [0.3, 0.4) is 0 Å². The van der Waals surface area contributed by atoms with Crippen molar-refractivity contribution in [3.8, 4) is 0 Å². The minimum atomic E-state index is 0.0534. The molecule has 0 radical (unpaired) electrons. The van der Waals surface area contributed by atoms with E-state index >= 15 is 0 Å². The zero-order valence-corrected chi connectivity index (χ0v) is 6.40. The summed E-state index contributed by atoms with van der Waals surface area (Å²) in [6.07, 6.45) is 1.58. The molecule has 1 fully saturated rings. The summed E-state index contributed by atoms with van der Waals surface area (Å²) < 4.78 is 5.30. The molecule has 1 heterocycles. The van der Waals surface area contributed by atoms with E-state index in [1.165, 1.54) is 0 Å². The van der Waals surface area contributed by atoms with Crippen molar-refractivity contribution < 1.29 is 9.84 Å². The summed E-state index contributed by atoms with van der Waals surface area (Å²) >= 11 is 0. The number of nitroso groups, excluding NO2 is 1. The van der Waals surface area contributed by atoms with Gasteiger partial charge in [0, 0.05) is 19.1 Å². The van der Waals surface area contributed by atoms with Gasteiger partial charge in [-0.25, -0.2) is 0 Å². The van der Waals surface area contributed by atoms with Gasteiger partial charge < -0.3 is 9.84 Å². The van der Waals surface area contributed by atoms with Gasteiger partial charge in [-0.05, 0) is 12.8 Å². The van der Waals surface area contributed by atoms with Gasteiger partial charge in [-0.3, -0.25) is 0 Å². The number of hydrogen-bond acceptors (Lipinski definition) is 4. The molecule has 0 amide bonds. The fraction of sp³-hybridized carbons (Fsp3) is 1.00. The highest BCUT2D eigenvalue weighted by Gasteiger charge is 2.27. The molecule has 1 saturated heterocycles. The van der Waals surface area contributed by atoms with Gasteiger partial charge in [-0.1, -0.05) is 5.18 Å². The molecular formula is C7H13NO3. The van der Waals surface area contributed by atoms with E-state index in [0.717, 1.165) is 6.42 Å². The van der Waals surface area contributed by atoms with Gasteiger partial charge in [0.15, 0.2) is 0 Å². The SMILES string of the molecule is O=NCC1CCOC1CCO. The Morgan fingerprint density at radius 1 is 1.64 bits per heavy atom. The maximum absolute atomic E-state index is 9.94. The van der Waals surface area contributed by atoms with E-state index in [0.29, 0.717) is 19.6 Å². The summed E-state index contributed by atoms with van der Waals surface area (Å²) in [7, 11) is 0. The topological polar surface area (TPSA) is 58.9 Å². The van der Waals surface area contributed by atoms with Gasteiger partial charge in [0.1, 0.15) is 0 Å². The van der Waals surface area contributed by atoms with Crippen molar-refractivity contribution in [1.82, 2.24) is 0 Å². The van der Waals surface area contributed by atoms with E-state index in [9.17, 15) is 4.91 Å². The summed E-state index contributed by atoms with van der Waals surface area (Å²) in [6, 6.07) is 0. The lowest BCUT2D eigenvalue weighted by Gasteiger charge is -2.13. The minimum absolute atomic E-state index is 0.0534. The van der Waals surface area contributed by atoms with Gasteiger partial charge in [-0.15, -0.1) is 0 Å². The van der Waals surface area contributed by atoms with Gasteiger partial charge in [0.2, 0.25) is 0 Å². The van der Waals surface area contributed by atoms with Crippen LogP contribution in [0.2, 0.25) is 0 Å². The van der Waals surface area contributed by atoms with Crippen LogP contribution in [0, 0.1) is 10.8 Å². The van der Waals surface area contributed by atoms with Crippen molar-refractivity contribution in [1.29, 1.82) is 0 Å². The minimum Gasteiger partial charge on any atom is -0.396 e. The summed E-state index contributed by atoms with van der Waals surface area (Å²) in [6.45, 7) is 1.15. The maximum atomic E-state index is 9.94.